The highest BCUT2D eigenvalue weighted by Gasteiger charge is 2.34. The third-order valence-corrected chi connectivity index (χ3v) is 5.38. The normalized spacial score (nSPS) is 16.4. The third-order valence-electron chi connectivity index (χ3n) is 4.82. The number of nitrogens with zero attached hydrogens (tertiary/aromatic N) is 1. The van der Waals surface area contributed by atoms with Crippen molar-refractivity contribution >= 4 is 52.5 Å². The third kappa shape index (κ3) is 4.89. The molecule has 0 spiro atoms. The van der Waals surface area contributed by atoms with Crippen molar-refractivity contribution in [2.75, 3.05) is 12.0 Å². The zero-order valence-electron chi connectivity index (χ0n) is 17.7. The smallest absolute Gasteiger partial charge is 0.270 e. The van der Waals surface area contributed by atoms with Gasteiger partial charge in [-0.25, -0.2) is 0 Å². The van der Waals surface area contributed by atoms with Crippen molar-refractivity contribution in [3.63, 3.8) is 0 Å². The average Bonchev–Trinajstić information content (AvgIpc) is 2.72. The fourth-order valence-corrected chi connectivity index (χ4v) is 3.59. The molecule has 1 saturated heterocycles. The summed E-state index contributed by atoms with van der Waals surface area (Å²) in [5.74, 6) is -0.264. The highest BCUT2D eigenvalue weighted by molar-refractivity contribution is 7.80. The molecule has 1 aliphatic rings. The molecule has 1 atom stereocenters. The number of carbonyl (C=O) groups is 2. The van der Waals surface area contributed by atoms with Crippen LogP contribution in [0.1, 0.15) is 31.4 Å². The van der Waals surface area contributed by atoms with E-state index in [1.165, 1.54) is 18.1 Å². The summed E-state index contributed by atoms with van der Waals surface area (Å²) in [6, 6.07) is 10.6. The Kier molecular flexibility index (Phi) is 6.97. The molecular weight excluding hydrogens is 436 g/mol. The molecule has 1 fully saturated rings. The SMILES string of the molecule is CC[C@H](C)Oc1c(Cl)cc(/C=C2\C(=O)NC(=S)N(c3cccc(C)c3)C2=O)cc1OC. The standard InChI is InChI=1S/C23H23ClN2O4S/c1-5-14(3)30-20-18(24)11-15(12-19(20)29-4)10-17-21(27)25-23(31)26(22(17)28)16-8-6-7-13(2)9-16/h6-12,14H,5H2,1-4H3,(H,25,27,31)/b17-10+/t14-/m0/s1. The maximum absolute atomic E-state index is 13.2. The van der Waals surface area contributed by atoms with Crippen LogP contribution in [-0.4, -0.2) is 30.1 Å². The Hall–Kier alpha value is -2.90. The van der Waals surface area contributed by atoms with Gasteiger partial charge in [0.25, 0.3) is 11.8 Å². The van der Waals surface area contributed by atoms with Crippen molar-refractivity contribution in [3.05, 3.63) is 58.1 Å². The molecule has 2 aromatic rings. The Balaban J connectivity index is 2.01. The number of amides is 2. The molecule has 0 saturated carbocycles. The molecule has 31 heavy (non-hydrogen) atoms. The van der Waals surface area contributed by atoms with Gasteiger partial charge >= 0.3 is 0 Å². The van der Waals surface area contributed by atoms with Gasteiger partial charge in [-0.05, 0) is 74.0 Å². The van der Waals surface area contributed by atoms with Gasteiger partial charge in [0.1, 0.15) is 5.57 Å². The largest absolute Gasteiger partial charge is 0.493 e. The van der Waals surface area contributed by atoms with Gasteiger partial charge in [-0.1, -0.05) is 30.7 Å². The second-order valence-electron chi connectivity index (χ2n) is 7.17. The maximum Gasteiger partial charge on any atom is 0.270 e. The first-order valence-corrected chi connectivity index (χ1v) is 10.6. The molecule has 162 valence electrons. The van der Waals surface area contributed by atoms with Gasteiger partial charge < -0.3 is 9.47 Å². The first-order chi connectivity index (χ1) is 14.7. The van der Waals surface area contributed by atoms with Crippen LogP contribution in [0.4, 0.5) is 5.69 Å². The van der Waals surface area contributed by atoms with Crippen molar-refractivity contribution in [1.29, 1.82) is 0 Å². The van der Waals surface area contributed by atoms with E-state index in [4.69, 9.17) is 33.3 Å². The Bertz CT molecular complexity index is 1080. The molecule has 2 amide bonds. The lowest BCUT2D eigenvalue weighted by molar-refractivity contribution is -0.122. The van der Waals surface area contributed by atoms with Gasteiger partial charge in [-0.3, -0.25) is 19.8 Å². The monoisotopic (exact) mass is 458 g/mol. The molecule has 0 radical (unpaired) electrons. The molecule has 1 heterocycles. The fourth-order valence-electron chi connectivity index (χ4n) is 3.05. The number of thiocarbonyl (C=S) groups is 1. The topological polar surface area (TPSA) is 67.9 Å². The van der Waals surface area contributed by atoms with E-state index in [0.29, 0.717) is 27.8 Å². The summed E-state index contributed by atoms with van der Waals surface area (Å²) in [5, 5.41) is 2.93. The summed E-state index contributed by atoms with van der Waals surface area (Å²) in [4.78, 5) is 27.0. The van der Waals surface area contributed by atoms with Gasteiger partial charge in [0.15, 0.2) is 16.6 Å². The second kappa shape index (κ2) is 9.49. The van der Waals surface area contributed by atoms with Crippen LogP contribution in [0, 0.1) is 6.92 Å². The van der Waals surface area contributed by atoms with Gasteiger partial charge in [0, 0.05) is 0 Å². The Morgan fingerprint density at radius 2 is 2.00 bits per heavy atom. The van der Waals surface area contributed by atoms with Crippen LogP contribution < -0.4 is 19.7 Å². The summed E-state index contributed by atoms with van der Waals surface area (Å²) in [6.07, 6.45) is 2.21. The Morgan fingerprint density at radius 1 is 1.26 bits per heavy atom. The summed E-state index contributed by atoms with van der Waals surface area (Å²) >= 11 is 11.7. The van der Waals surface area contributed by atoms with Crippen molar-refractivity contribution in [2.24, 2.45) is 0 Å². The zero-order chi connectivity index (χ0) is 22.7. The van der Waals surface area contributed by atoms with Crippen LogP contribution >= 0.6 is 23.8 Å². The van der Waals surface area contributed by atoms with Crippen molar-refractivity contribution in [3.8, 4) is 11.5 Å². The summed E-state index contributed by atoms with van der Waals surface area (Å²) in [6.45, 7) is 5.84. The van der Waals surface area contributed by atoms with Crippen LogP contribution in [0.3, 0.4) is 0 Å². The minimum atomic E-state index is -0.575. The Morgan fingerprint density at radius 3 is 2.65 bits per heavy atom. The van der Waals surface area contributed by atoms with Crippen LogP contribution in [-0.2, 0) is 9.59 Å². The fraction of sp³-hybridized carbons (Fsp3) is 0.261. The van der Waals surface area contributed by atoms with E-state index in [0.717, 1.165) is 12.0 Å². The lowest BCUT2D eigenvalue weighted by Crippen LogP contribution is -2.54. The first kappa shape index (κ1) is 22.8. The molecule has 6 nitrogen and oxygen atoms in total. The predicted molar refractivity (Wildman–Crippen MR) is 126 cm³/mol. The molecule has 0 aliphatic carbocycles. The molecule has 1 aliphatic heterocycles. The minimum Gasteiger partial charge on any atom is -0.493 e. The average molecular weight is 459 g/mol. The van der Waals surface area contributed by atoms with Crippen molar-refractivity contribution in [1.82, 2.24) is 5.32 Å². The highest BCUT2D eigenvalue weighted by Crippen LogP contribution is 2.38. The number of nitrogens with one attached hydrogen (secondary N) is 1. The predicted octanol–water partition coefficient (Wildman–Crippen LogP) is 4.67. The number of aryl methyl sites for hydroxylation is 1. The van der Waals surface area contributed by atoms with Crippen molar-refractivity contribution in [2.45, 2.75) is 33.3 Å². The molecule has 8 heteroatoms. The maximum atomic E-state index is 13.2. The number of methoxy groups -OCH3 is 1. The lowest BCUT2D eigenvalue weighted by atomic mass is 10.1. The van der Waals surface area contributed by atoms with E-state index < -0.39 is 11.8 Å². The van der Waals surface area contributed by atoms with Crippen molar-refractivity contribution < 1.29 is 19.1 Å². The van der Waals surface area contributed by atoms with E-state index in [1.54, 1.807) is 18.2 Å². The quantitative estimate of drug-likeness (QED) is 0.387. The number of anilines is 1. The number of benzene rings is 2. The van der Waals surface area contributed by atoms with Gasteiger partial charge in [0.05, 0.1) is 23.9 Å². The minimum absolute atomic E-state index is 0.0330. The van der Waals surface area contributed by atoms with E-state index in [9.17, 15) is 9.59 Å². The second-order valence-corrected chi connectivity index (χ2v) is 7.96. The van der Waals surface area contributed by atoms with Crippen LogP contribution in [0.15, 0.2) is 42.0 Å². The number of halogens is 1. The van der Waals surface area contributed by atoms with E-state index in [-0.39, 0.29) is 16.8 Å². The number of hydrogen-bond acceptors (Lipinski definition) is 5. The molecule has 0 bridgehead atoms. The zero-order valence-corrected chi connectivity index (χ0v) is 19.3. The summed E-state index contributed by atoms with van der Waals surface area (Å²) < 4.78 is 11.3. The molecule has 3 rings (SSSR count). The Labute approximate surface area is 191 Å². The first-order valence-electron chi connectivity index (χ1n) is 9.77. The number of hydrogen-bond donors (Lipinski definition) is 1. The molecule has 0 aromatic heterocycles. The van der Waals surface area contributed by atoms with E-state index in [2.05, 4.69) is 5.32 Å². The van der Waals surface area contributed by atoms with E-state index >= 15 is 0 Å². The van der Waals surface area contributed by atoms with Crippen LogP contribution in [0.5, 0.6) is 11.5 Å². The summed E-state index contributed by atoms with van der Waals surface area (Å²) in [7, 11) is 1.50. The molecule has 1 N–H and O–H groups in total. The molecular formula is C23H23ClN2O4S. The van der Waals surface area contributed by atoms with Crippen LogP contribution in [0.25, 0.3) is 6.08 Å². The number of rotatable bonds is 6. The molecule has 0 unspecified atom stereocenters. The molecule has 2 aromatic carbocycles. The van der Waals surface area contributed by atoms with E-state index in [1.807, 2.05) is 39.0 Å². The van der Waals surface area contributed by atoms with Gasteiger partial charge in [0.2, 0.25) is 0 Å². The van der Waals surface area contributed by atoms with Gasteiger partial charge in [-0.2, -0.15) is 0 Å². The van der Waals surface area contributed by atoms with Crippen LogP contribution in [0.2, 0.25) is 5.02 Å². The van der Waals surface area contributed by atoms with Gasteiger partial charge in [-0.15, -0.1) is 0 Å². The highest BCUT2D eigenvalue weighted by atomic mass is 35.5. The number of ether oxygens (including phenoxy) is 2. The summed E-state index contributed by atoms with van der Waals surface area (Å²) in [5.41, 5.74) is 2.00. The lowest BCUT2D eigenvalue weighted by Gasteiger charge is -2.29. The number of carbonyl (C=O) groups excluding carboxylic acids is 2.